The van der Waals surface area contributed by atoms with Crippen LogP contribution in [0.4, 0.5) is 19.0 Å². The van der Waals surface area contributed by atoms with E-state index in [1.807, 2.05) is 0 Å². The van der Waals surface area contributed by atoms with E-state index >= 15 is 0 Å². The number of carbonyl (C=O) groups is 1. The number of nitrogens with zero attached hydrogens (tertiary/aromatic N) is 2. The van der Waals surface area contributed by atoms with Gasteiger partial charge in [0.05, 0.1) is 24.2 Å². The van der Waals surface area contributed by atoms with Gasteiger partial charge in [-0.3, -0.25) is 4.98 Å². The molecule has 0 aliphatic heterocycles. The van der Waals surface area contributed by atoms with E-state index in [0.29, 0.717) is 6.07 Å². The van der Waals surface area contributed by atoms with E-state index in [1.165, 1.54) is 18.3 Å². The van der Waals surface area contributed by atoms with E-state index in [2.05, 4.69) is 20.0 Å². The molecule has 7 nitrogen and oxygen atoms in total. The first kappa shape index (κ1) is 19.6. The Morgan fingerprint density at radius 2 is 1.96 bits per heavy atom. The normalized spacial score (nSPS) is 11.9. The fourth-order valence-corrected chi connectivity index (χ4v) is 2.97. The van der Waals surface area contributed by atoms with Gasteiger partial charge in [-0.2, -0.15) is 13.2 Å². The predicted molar refractivity (Wildman–Crippen MR) is 85.3 cm³/mol. The van der Waals surface area contributed by atoms with Gasteiger partial charge in [0.1, 0.15) is 17.1 Å². The smallest absolute Gasteiger partial charge is 0.433 e. The molecule has 0 atom stereocenters. The van der Waals surface area contributed by atoms with E-state index < -0.39 is 33.5 Å². The van der Waals surface area contributed by atoms with Gasteiger partial charge in [0.25, 0.3) is 0 Å². The van der Waals surface area contributed by atoms with Crippen molar-refractivity contribution in [2.24, 2.45) is 0 Å². The second-order valence-electron chi connectivity index (χ2n) is 5.16. The number of carbonyl (C=O) groups excluding carboxylic acids is 1. The second kappa shape index (κ2) is 7.28. The van der Waals surface area contributed by atoms with Crippen molar-refractivity contribution >= 4 is 21.6 Å². The number of pyridine rings is 2. The highest BCUT2D eigenvalue weighted by Crippen LogP contribution is 2.30. The molecule has 0 aliphatic rings. The van der Waals surface area contributed by atoms with E-state index in [9.17, 15) is 26.4 Å². The van der Waals surface area contributed by atoms with Gasteiger partial charge in [0.2, 0.25) is 0 Å². The van der Waals surface area contributed by atoms with Gasteiger partial charge in [0, 0.05) is 12.5 Å². The Hall–Kier alpha value is -2.69. The molecule has 0 radical (unpaired) electrons. The minimum atomic E-state index is -4.71. The predicted octanol–water partition coefficient (Wildman–Crippen LogP) is 2.30. The monoisotopic (exact) mass is 389 g/mol. The Kier molecular flexibility index (Phi) is 5.50. The molecule has 2 aromatic heterocycles. The molecular formula is C15H14F3N3O4S. The number of hydrogen-bond acceptors (Lipinski definition) is 7. The van der Waals surface area contributed by atoms with Gasteiger partial charge in [0.15, 0.2) is 9.84 Å². The molecule has 0 bridgehead atoms. The highest BCUT2D eigenvalue weighted by Gasteiger charge is 2.33. The molecule has 2 rings (SSSR count). The fourth-order valence-electron chi connectivity index (χ4n) is 2.09. The third kappa shape index (κ3) is 4.48. The average molecular weight is 389 g/mol. The van der Waals surface area contributed by atoms with Gasteiger partial charge in [-0.15, -0.1) is 0 Å². The van der Waals surface area contributed by atoms with Crippen molar-refractivity contribution in [1.82, 2.24) is 9.97 Å². The lowest BCUT2D eigenvalue weighted by Gasteiger charge is -2.14. The van der Waals surface area contributed by atoms with Crippen LogP contribution in [0, 0.1) is 0 Å². The summed E-state index contributed by atoms with van der Waals surface area (Å²) in [5.74, 6) is -1.28. The molecule has 1 N–H and O–H groups in total. The molecule has 0 saturated heterocycles. The van der Waals surface area contributed by atoms with Gasteiger partial charge >= 0.3 is 12.1 Å². The topological polar surface area (TPSA) is 98.2 Å². The van der Waals surface area contributed by atoms with Crippen LogP contribution in [0.2, 0.25) is 0 Å². The van der Waals surface area contributed by atoms with Crippen LogP contribution in [-0.2, 0) is 27.3 Å². The zero-order chi connectivity index (χ0) is 19.5. The van der Waals surface area contributed by atoms with Crippen molar-refractivity contribution in [2.75, 3.05) is 18.7 Å². The lowest BCUT2D eigenvalue weighted by molar-refractivity contribution is -0.141. The molecule has 140 valence electrons. The standard InChI is InChI=1S/C15H14F3N3O4S/c1-25-14(22)9-5-6-12(15(16,17)18)21-13(9)20-8-10-11(26(2,23)24)4-3-7-19-10/h3-7H,8H2,1-2H3,(H,20,21). The molecule has 2 aromatic rings. The van der Waals surface area contributed by atoms with Crippen LogP contribution in [0.25, 0.3) is 0 Å². The number of esters is 1. The number of sulfone groups is 1. The molecule has 0 fully saturated rings. The van der Waals surface area contributed by atoms with Crippen LogP contribution in [0.5, 0.6) is 0 Å². The van der Waals surface area contributed by atoms with Gasteiger partial charge in [-0.1, -0.05) is 0 Å². The number of rotatable bonds is 5. The molecule has 0 amide bonds. The van der Waals surface area contributed by atoms with E-state index in [1.54, 1.807) is 0 Å². The Morgan fingerprint density at radius 3 is 2.54 bits per heavy atom. The maximum atomic E-state index is 12.9. The first-order chi connectivity index (χ1) is 12.0. The van der Waals surface area contributed by atoms with Crippen molar-refractivity contribution in [2.45, 2.75) is 17.6 Å². The summed E-state index contributed by atoms with van der Waals surface area (Å²) in [6, 6.07) is 4.32. The molecular weight excluding hydrogens is 375 g/mol. The quantitative estimate of drug-likeness (QED) is 0.784. The Morgan fingerprint density at radius 1 is 1.27 bits per heavy atom. The van der Waals surface area contributed by atoms with Crippen molar-refractivity contribution in [3.8, 4) is 0 Å². The first-order valence-corrected chi connectivity index (χ1v) is 8.97. The zero-order valence-electron chi connectivity index (χ0n) is 13.7. The molecule has 0 saturated carbocycles. The second-order valence-corrected chi connectivity index (χ2v) is 7.14. The number of ether oxygens (including phenoxy) is 1. The molecule has 2 heterocycles. The summed E-state index contributed by atoms with van der Waals surface area (Å²) >= 11 is 0. The van der Waals surface area contributed by atoms with Crippen LogP contribution < -0.4 is 5.32 Å². The summed E-state index contributed by atoms with van der Waals surface area (Å²) in [5, 5.41) is 2.53. The zero-order valence-corrected chi connectivity index (χ0v) is 14.5. The SMILES string of the molecule is COC(=O)c1ccc(C(F)(F)F)nc1NCc1ncccc1S(C)(=O)=O. The number of methoxy groups -OCH3 is 1. The molecule has 26 heavy (non-hydrogen) atoms. The largest absolute Gasteiger partial charge is 0.465 e. The molecule has 11 heteroatoms. The van der Waals surface area contributed by atoms with Gasteiger partial charge in [-0.25, -0.2) is 18.2 Å². The van der Waals surface area contributed by atoms with Crippen LogP contribution >= 0.6 is 0 Å². The molecule has 0 aliphatic carbocycles. The average Bonchev–Trinajstić information content (AvgIpc) is 2.57. The Labute approximate surface area is 147 Å². The van der Waals surface area contributed by atoms with Crippen molar-refractivity contribution in [1.29, 1.82) is 0 Å². The lowest BCUT2D eigenvalue weighted by Crippen LogP contribution is -2.16. The maximum absolute atomic E-state index is 12.9. The van der Waals surface area contributed by atoms with Crippen LogP contribution in [-0.4, -0.2) is 37.7 Å². The summed E-state index contributed by atoms with van der Waals surface area (Å²) in [4.78, 5) is 19.0. The maximum Gasteiger partial charge on any atom is 0.433 e. The third-order valence-electron chi connectivity index (χ3n) is 3.26. The van der Waals surface area contributed by atoms with Crippen LogP contribution in [0.1, 0.15) is 21.7 Å². The van der Waals surface area contributed by atoms with Gasteiger partial charge < -0.3 is 10.1 Å². The molecule has 0 aromatic carbocycles. The minimum absolute atomic E-state index is 0.0741. The molecule has 0 spiro atoms. The van der Waals surface area contributed by atoms with Crippen LogP contribution in [0.15, 0.2) is 35.4 Å². The number of aromatic nitrogens is 2. The first-order valence-electron chi connectivity index (χ1n) is 7.08. The summed E-state index contributed by atoms with van der Waals surface area (Å²) in [7, 11) is -2.52. The van der Waals surface area contributed by atoms with Gasteiger partial charge in [-0.05, 0) is 24.3 Å². The van der Waals surface area contributed by atoms with Crippen molar-refractivity contribution in [3.05, 3.63) is 47.4 Å². The Balaban J connectivity index is 2.41. The Bertz CT molecular complexity index is 930. The number of nitrogens with one attached hydrogen (secondary N) is 1. The molecule has 0 unspecified atom stereocenters. The lowest BCUT2D eigenvalue weighted by atomic mass is 10.2. The van der Waals surface area contributed by atoms with E-state index in [4.69, 9.17) is 0 Å². The highest BCUT2D eigenvalue weighted by atomic mass is 32.2. The van der Waals surface area contributed by atoms with Crippen LogP contribution in [0.3, 0.4) is 0 Å². The van der Waals surface area contributed by atoms with Crippen molar-refractivity contribution < 1.29 is 31.1 Å². The summed E-state index contributed by atoms with van der Waals surface area (Å²) < 4.78 is 66.7. The number of hydrogen-bond donors (Lipinski definition) is 1. The minimum Gasteiger partial charge on any atom is -0.465 e. The van der Waals surface area contributed by atoms with E-state index in [-0.39, 0.29) is 22.7 Å². The number of halogens is 3. The number of alkyl halides is 3. The summed E-state index contributed by atoms with van der Waals surface area (Å²) in [6.45, 7) is -0.262. The highest BCUT2D eigenvalue weighted by molar-refractivity contribution is 7.90. The summed E-state index contributed by atoms with van der Waals surface area (Å²) in [5.41, 5.74) is -1.36. The fraction of sp³-hybridized carbons (Fsp3) is 0.267. The summed E-state index contributed by atoms with van der Waals surface area (Å²) in [6.07, 6.45) is -2.39. The third-order valence-corrected chi connectivity index (χ3v) is 4.43. The van der Waals surface area contributed by atoms with E-state index in [0.717, 1.165) is 19.4 Å². The number of anilines is 1. The van der Waals surface area contributed by atoms with Crippen molar-refractivity contribution in [3.63, 3.8) is 0 Å².